The van der Waals surface area contributed by atoms with E-state index < -0.39 is 5.97 Å². The van der Waals surface area contributed by atoms with Crippen LogP contribution in [0.3, 0.4) is 0 Å². The molecule has 0 aliphatic heterocycles. The first-order chi connectivity index (χ1) is 9.21. The predicted octanol–water partition coefficient (Wildman–Crippen LogP) is 3.64. The van der Waals surface area contributed by atoms with E-state index in [4.69, 9.17) is 0 Å². The number of carbonyl (C=O) groups excluding carboxylic acids is 1. The van der Waals surface area contributed by atoms with Crippen LogP contribution in [0.1, 0.15) is 56.4 Å². The number of unbranched alkanes of at least 4 members (excludes halogenated alkanes) is 1. The van der Waals surface area contributed by atoms with Crippen molar-refractivity contribution in [3.63, 3.8) is 0 Å². The molecule has 0 saturated heterocycles. The van der Waals surface area contributed by atoms with Gasteiger partial charge in [0.15, 0.2) is 0 Å². The molecule has 0 bridgehead atoms. The van der Waals surface area contributed by atoms with Gasteiger partial charge in [-0.25, -0.2) is 9.78 Å². The summed E-state index contributed by atoms with van der Waals surface area (Å²) in [5.74, 6) is -0.399. The van der Waals surface area contributed by atoms with Gasteiger partial charge in [-0.3, -0.25) is 0 Å². The van der Waals surface area contributed by atoms with Gasteiger partial charge in [-0.1, -0.05) is 33.1 Å². The molecule has 0 aliphatic rings. The van der Waals surface area contributed by atoms with Crippen LogP contribution in [0.2, 0.25) is 0 Å². The highest BCUT2D eigenvalue weighted by atomic mass is 16.5. The number of aromatic nitrogens is 1. The van der Waals surface area contributed by atoms with Gasteiger partial charge in [-0.15, -0.1) is 0 Å². The molecule has 1 atom stereocenters. The first kappa shape index (κ1) is 15.5. The fourth-order valence-corrected chi connectivity index (χ4v) is 2.06. The molecule has 4 nitrogen and oxygen atoms in total. The summed E-state index contributed by atoms with van der Waals surface area (Å²) in [5, 5.41) is 3.49. The Morgan fingerprint density at radius 3 is 2.79 bits per heavy atom. The lowest BCUT2D eigenvalue weighted by Crippen LogP contribution is -2.19. The van der Waals surface area contributed by atoms with Crippen LogP contribution >= 0.6 is 0 Å². The Labute approximate surface area is 115 Å². The van der Waals surface area contributed by atoms with Crippen molar-refractivity contribution in [3.05, 3.63) is 24.0 Å². The van der Waals surface area contributed by atoms with Gasteiger partial charge in [-0.05, 0) is 25.0 Å². The average molecular weight is 264 g/mol. The Bertz CT molecular complexity index is 393. The summed E-state index contributed by atoms with van der Waals surface area (Å²) < 4.78 is 4.68. The normalized spacial score (nSPS) is 11.9. The number of nitrogens with zero attached hydrogens (tertiary/aromatic N) is 1. The molecule has 1 N–H and O–H groups in total. The summed E-state index contributed by atoms with van der Waals surface area (Å²) in [5.41, 5.74) is 1.28. The van der Waals surface area contributed by atoms with Gasteiger partial charge >= 0.3 is 5.97 Å². The summed E-state index contributed by atoms with van der Waals surface area (Å²) in [6.07, 6.45) is 7.49. The Kier molecular flexibility index (Phi) is 6.93. The van der Waals surface area contributed by atoms with Crippen molar-refractivity contribution in [2.75, 3.05) is 12.4 Å². The summed E-state index contributed by atoms with van der Waals surface area (Å²) in [6, 6.07) is 4.10. The summed E-state index contributed by atoms with van der Waals surface area (Å²) >= 11 is 0. The number of esters is 1. The molecule has 0 aliphatic carbocycles. The van der Waals surface area contributed by atoms with E-state index in [0.29, 0.717) is 11.7 Å². The first-order valence-electron chi connectivity index (χ1n) is 7.02. The minimum atomic E-state index is -0.399. The maximum Gasteiger partial charge on any atom is 0.356 e. The fourth-order valence-electron chi connectivity index (χ4n) is 2.06. The predicted molar refractivity (Wildman–Crippen MR) is 77.4 cm³/mol. The smallest absolute Gasteiger partial charge is 0.356 e. The number of hydrogen-bond donors (Lipinski definition) is 1. The molecule has 0 amide bonds. The standard InChI is InChI=1S/C15H24N2O2/c1-4-6-8-12(7-5-2)17-13-9-10-16-14(11-13)15(18)19-3/h9-12H,4-8H2,1-3H3,(H,16,17). The lowest BCUT2D eigenvalue weighted by Gasteiger charge is -2.19. The minimum Gasteiger partial charge on any atom is -0.464 e. The van der Waals surface area contributed by atoms with E-state index in [0.717, 1.165) is 24.9 Å². The molecular formula is C15H24N2O2. The number of nitrogens with one attached hydrogen (secondary N) is 1. The molecule has 1 unspecified atom stereocenters. The quantitative estimate of drug-likeness (QED) is 0.728. The maximum absolute atomic E-state index is 11.4. The van der Waals surface area contributed by atoms with Gasteiger partial charge in [-0.2, -0.15) is 0 Å². The van der Waals surface area contributed by atoms with E-state index in [1.54, 1.807) is 12.3 Å². The van der Waals surface area contributed by atoms with Gasteiger partial charge in [0.25, 0.3) is 0 Å². The molecule has 19 heavy (non-hydrogen) atoms. The summed E-state index contributed by atoms with van der Waals surface area (Å²) in [6.45, 7) is 4.39. The van der Waals surface area contributed by atoms with Gasteiger partial charge < -0.3 is 10.1 Å². The number of methoxy groups -OCH3 is 1. The van der Waals surface area contributed by atoms with Gasteiger partial charge in [0.1, 0.15) is 5.69 Å². The Morgan fingerprint density at radius 1 is 1.37 bits per heavy atom. The van der Waals surface area contributed by atoms with Crippen LogP contribution in [0.25, 0.3) is 0 Å². The van der Waals surface area contributed by atoms with Crippen LogP contribution in [0.5, 0.6) is 0 Å². The number of anilines is 1. The number of pyridine rings is 1. The topological polar surface area (TPSA) is 51.2 Å². The van der Waals surface area contributed by atoms with Crippen molar-refractivity contribution in [2.45, 2.75) is 52.0 Å². The zero-order chi connectivity index (χ0) is 14.1. The van der Waals surface area contributed by atoms with Gasteiger partial charge in [0.05, 0.1) is 7.11 Å². The Hall–Kier alpha value is -1.58. The lowest BCUT2D eigenvalue weighted by atomic mass is 10.0. The number of rotatable bonds is 8. The highest BCUT2D eigenvalue weighted by molar-refractivity contribution is 5.88. The molecule has 1 aromatic heterocycles. The van der Waals surface area contributed by atoms with Gasteiger partial charge in [0.2, 0.25) is 0 Å². The van der Waals surface area contributed by atoms with E-state index in [1.807, 2.05) is 6.07 Å². The summed E-state index contributed by atoms with van der Waals surface area (Å²) in [4.78, 5) is 15.4. The van der Waals surface area contributed by atoms with Crippen molar-refractivity contribution in [3.8, 4) is 0 Å². The molecule has 4 heteroatoms. The van der Waals surface area contributed by atoms with Crippen molar-refractivity contribution >= 4 is 11.7 Å². The second-order valence-electron chi connectivity index (χ2n) is 4.69. The monoisotopic (exact) mass is 264 g/mol. The van der Waals surface area contributed by atoms with Crippen molar-refractivity contribution < 1.29 is 9.53 Å². The summed E-state index contributed by atoms with van der Waals surface area (Å²) in [7, 11) is 1.37. The third kappa shape index (κ3) is 5.28. The van der Waals surface area contributed by atoms with E-state index in [1.165, 1.54) is 20.0 Å². The Balaban J connectivity index is 2.69. The molecule has 0 fully saturated rings. The molecule has 1 rings (SSSR count). The second-order valence-corrected chi connectivity index (χ2v) is 4.69. The van der Waals surface area contributed by atoms with Crippen molar-refractivity contribution in [1.29, 1.82) is 0 Å². The van der Waals surface area contributed by atoms with Crippen LogP contribution in [0.4, 0.5) is 5.69 Å². The van der Waals surface area contributed by atoms with E-state index >= 15 is 0 Å². The average Bonchev–Trinajstić information content (AvgIpc) is 2.44. The van der Waals surface area contributed by atoms with Gasteiger partial charge in [0, 0.05) is 17.9 Å². The number of ether oxygens (including phenoxy) is 1. The zero-order valence-corrected chi connectivity index (χ0v) is 12.1. The zero-order valence-electron chi connectivity index (χ0n) is 12.1. The number of carbonyl (C=O) groups is 1. The van der Waals surface area contributed by atoms with E-state index in [2.05, 4.69) is 28.9 Å². The molecule has 1 aromatic rings. The second kappa shape index (κ2) is 8.51. The molecule has 106 valence electrons. The van der Waals surface area contributed by atoms with Crippen molar-refractivity contribution in [2.24, 2.45) is 0 Å². The van der Waals surface area contributed by atoms with Crippen LogP contribution in [0, 0.1) is 0 Å². The van der Waals surface area contributed by atoms with Crippen LogP contribution in [-0.2, 0) is 4.74 Å². The minimum absolute atomic E-state index is 0.346. The largest absolute Gasteiger partial charge is 0.464 e. The van der Waals surface area contributed by atoms with Crippen LogP contribution in [0.15, 0.2) is 18.3 Å². The first-order valence-corrected chi connectivity index (χ1v) is 7.02. The molecule has 0 radical (unpaired) electrons. The van der Waals surface area contributed by atoms with Crippen molar-refractivity contribution in [1.82, 2.24) is 4.98 Å². The highest BCUT2D eigenvalue weighted by Gasteiger charge is 2.10. The highest BCUT2D eigenvalue weighted by Crippen LogP contribution is 2.16. The maximum atomic E-state index is 11.4. The van der Waals surface area contributed by atoms with E-state index in [9.17, 15) is 4.79 Å². The third-order valence-corrected chi connectivity index (χ3v) is 3.07. The molecule has 1 heterocycles. The molecule has 0 saturated carbocycles. The molecule has 0 spiro atoms. The molecule has 0 aromatic carbocycles. The Morgan fingerprint density at radius 2 is 2.16 bits per heavy atom. The molecular weight excluding hydrogens is 240 g/mol. The lowest BCUT2D eigenvalue weighted by molar-refractivity contribution is 0.0594. The van der Waals surface area contributed by atoms with Crippen LogP contribution in [-0.4, -0.2) is 24.1 Å². The van der Waals surface area contributed by atoms with Crippen LogP contribution < -0.4 is 5.32 Å². The third-order valence-electron chi connectivity index (χ3n) is 3.07. The SMILES string of the molecule is CCCCC(CCC)Nc1ccnc(C(=O)OC)c1. The van der Waals surface area contributed by atoms with E-state index in [-0.39, 0.29) is 0 Å². The fraction of sp³-hybridized carbons (Fsp3) is 0.600. The number of hydrogen-bond acceptors (Lipinski definition) is 4.